The highest BCUT2D eigenvalue weighted by molar-refractivity contribution is 6.30. The van der Waals surface area contributed by atoms with Crippen molar-refractivity contribution in [1.29, 1.82) is 0 Å². The van der Waals surface area contributed by atoms with Crippen LogP contribution in [-0.4, -0.2) is 44.0 Å². The van der Waals surface area contributed by atoms with Crippen LogP contribution in [0.4, 0.5) is 5.69 Å². The summed E-state index contributed by atoms with van der Waals surface area (Å²) in [6, 6.07) is 17.8. The molecule has 1 heterocycles. The molecule has 4 nitrogen and oxygen atoms in total. The van der Waals surface area contributed by atoms with E-state index in [1.807, 2.05) is 55.6 Å². The molecule has 0 radical (unpaired) electrons. The smallest absolute Gasteiger partial charge is 0.240 e. The van der Waals surface area contributed by atoms with Gasteiger partial charge in [0.25, 0.3) is 0 Å². The molecule has 1 aliphatic heterocycles. The topological polar surface area (TPSA) is 35.6 Å². The lowest BCUT2D eigenvalue weighted by Gasteiger charge is -2.36. The number of para-hydroxylation sites is 1. The zero-order chi connectivity index (χ0) is 16.9. The first-order chi connectivity index (χ1) is 11.6. The van der Waals surface area contributed by atoms with Crippen LogP contribution >= 0.6 is 24.0 Å². The Hall–Kier alpha value is -1.59. The maximum atomic E-state index is 12.7. The molecule has 25 heavy (non-hydrogen) atoms. The molecule has 1 N–H and O–H groups in total. The van der Waals surface area contributed by atoms with E-state index in [2.05, 4.69) is 16.3 Å². The average molecular weight is 380 g/mol. The van der Waals surface area contributed by atoms with E-state index in [1.165, 1.54) is 0 Å². The molecule has 0 spiro atoms. The molecule has 1 atom stereocenters. The number of hydrogen-bond acceptors (Lipinski definition) is 3. The minimum Gasteiger partial charge on any atom is -0.314 e. The van der Waals surface area contributed by atoms with Gasteiger partial charge >= 0.3 is 0 Å². The molecule has 1 amide bonds. The first kappa shape index (κ1) is 19.7. The normalized spacial score (nSPS) is 17.6. The van der Waals surface area contributed by atoms with Crippen molar-refractivity contribution in [3.8, 4) is 0 Å². The highest BCUT2D eigenvalue weighted by Crippen LogP contribution is 2.25. The molecule has 1 fully saturated rings. The zero-order valence-corrected chi connectivity index (χ0v) is 15.8. The SMILES string of the molecule is CN(C(=O)CN1CCNCC1c1cccc(Cl)c1)c1ccccc1.Cl. The molecule has 1 unspecified atom stereocenters. The van der Waals surface area contributed by atoms with Crippen LogP contribution in [0.2, 0.25) is 5.02 Å². The molecular formula is C19H23Cl2N3O. The number of carbonyl (C=O) groups is 1. The Kier molecular flexibility index (Phi) is 7.26. The van der Waals surface area contributed by atoms with Gasteiger partial charge in [-0.15, -0.1) is 12.4 Å². The lowest BCUT2D eigenvalue weighted by Crippen LogP contribution is -2.49. The van der Waals surface area contributed by atoms with Gasteiger partial charge in [0, 0.05) is 43.4 Å². The van der Waals surface area contributed by atoms with Crippen LogP contribution in [0.15, 0.2) is 54.6 Å². The number of piperazine rings is 1. The number of benzene rings is 2. The molecule has 0 saturated carbocycles. The second kappa shape index (κ2) is 9.20. The highest BCUT2D eigenvalue weighted by Gasteiger charge is 2.26. The summed E-state index contributed by atoms with van der Waals surface area (Å²) in [6.07, 6.45) is 0. The number of carbonyl (C=O) groups excluding carboxylic acids is 1. The summed E-state index contributed by atoms with van der Waals surface area (Å²) in [7, 11) is 1.83. The molecule has 3 rings (SSSR count). The molecule has 0 aromatic heterocycles. The van der Waals surface area contributed by atoms with Crippen LogP contribution in [0.5, 0.6) is 0 Å². The Bertz CT molecular complexity index is 696. The van der Waals surface area contributed by atoms with E-state index in [9.17, 15) is 4.79 Å². The minimum absolute atomic E-state index is 0. The van der Waals surface area contributed by atoms with Crippen molar-refractivity contribution in [3.63, 3.8) is 0 Å². The third kappa shape index (κ3) is 4.95. The number of nitrogens with one attached hydrogen (secondary N) is 1. The van der Waals surface area contributed by atoms with E-state index in [-0.39, 0.29) is 24.4 Å². The molecule has 1 saturated heterocycles. The summed E-state index contributed by atoms with van der Waals surface area (Å²) >= 11 is 6.13. The third-order valence-corrected chi connectivity index (χ3v) is 4.68. The maximum absolute atomic E-state index is 12.7. The van der Waals surface area contributed by atoms with Crippen molar-refractivity contribution in [2.24, 2.45) is 0 Å². The summed E-state index contributed by atoms with van der Waals surface area (Å²) in [5, 5.41) is 4.13. The molecule has 0 aliphatic carbocycles. The zero-order valence-electron chi connectivity index (χ0n) is 14.2. The third-order valence-electron chi connectivity index (χ3n) is 4.44. The van der Waals surface area contributed by atoms with Crippen LogP contribution in [-0.2, 0) is 4.79 Å². The van der Waals surface area contributed by atoms with Gasteiger partial charge < -0.3 is 10.2 Å². The first-order valence-electron chi connectivity index (χ1n) is 8.17. The fourth-order valence-electron chi connectivity index (χ4n) is 3.05. The fourth-order valence-corrected chi connectivity index (χ4v) is 3.25. The number of likely N-dealkylation sites (N-methyl/N-ethyl adjacent to an activating group) is 1. The van der Waals surface area contributed by atoms with Crippen molar-refractivity contribution in [1.82, 2.24) is 10.2 Å². The molecule has 134 valence electrons. The second-order valence-corrected chi connectivity index (χ2v) is 6.47. The lowest BCUT2D eigenvalue weighted by molar-refractivity contribution is -0.120. The van der Waals surface area contributed by atoms with Crippen LogP contribution < -0.4 is 10.2 Å². The van der Waals surface area contributed by atoms with Gasteiger partial charge in [-0.1, -0.05) is 41.9 Å². The van der Waals surface area contributed by atoms with Crippen molar-refractivity contribution >= 4 is 35.6 Å². The Morgan fingerprint density at radius 2 is 2.00 bits per heavy atom. The van der Waals surface area contributed by atoms with Gasteiger partial charge in [0.15, 0.2) is 0 Å². The number of hydrogen-bond donors (Lipinski definition) is 1. The molecule has 2 aromatic rings. The Morgan fingerprint density at radius 1 is 1.24 bits per heavy atom. The predicted octanol–water partition coefficient (Wildman–Crippen LogP) is 3.37. The summed E-state index contributed by atoms with van der Waals surface area (Å²) in [5.41, 5.74) is 2.06. The standard InChI is InChI=1S/C19H22ClN3O.ClH/c1-22(17-8-3-2-4-9-17)19(24)14-23-11-10-21-13-18(23)15-6-5-7-16(20)12-15;/h2-9,12,18,21H,10-11,13-14H2,1H3;1H. The molecule has 0 bridgehead atoms. The van der Waals surface area contributed by atoms with Crippen LogP contribution in [0, 0.1) is 0 Å². The Labute approximate surface area is 160 Å². The lowest BCUT2D eigenvalue weighted by atomic mass is 10.0. The first-order valence-corrected chi connectivity index (χ1v) is 8.55. The van der Waals surface area contributed by atoms with E-state index in [1.54, 1.807) is 4.90 Å². The quantitative estimate of drug-likeness (QED) is 0.884. The van der Waals surface area contributed by atoms with Crippen LogP contribution in [0.3, 0.4) is 0 Å². The minimum atomic E-state index is 0. The van der Waals surface area contributed by atoms with Crippen LogP contribution in [0.25, 0.3) is 0 Å². The predicted molar refractivity (Wildman–Crippen MR) is 106 cm³/mol. The average Bonchev–Trinajstić information content (AvgIpc) is 2.62. The number of amides is 1. The van der Waals surface area contributed by atoms with Crippen molar-refractivity contribution < 1.29 is 4.79 Å². The van der Waals surface area contributed by atoms with Gasteiger partial charge in [-0.25, -0.2) is 0 Å². The summed E-state index contributed by atoms with van der Waals surface area (Å²) in [4.78, 5) is 16.6. The monoisotopic (exact) mass is 379 g/mol. The number of rotatable bonds is 4. The van der Waals surface area contributed by atoms with Gasteiger partial charge in [-0.05, 0) is 29.8 Å². The Morgan fingerprint density at radius 3 is 2.72 bits per heavy atom. The van der Waals surface area contributed by atoms with E-state index < -0.39 is 0 Å². The summed E-state index contributed by atoms with van der Waals surface area (Å²) in [6.45, 7) is 2.94. The number of nitrogens with zero attached hydrogens (tertiary/aromatic N) is 2. The number of halogens is 2. The second-order valence-electron chi connectivity index (χ2n) is 6.03. The van der Waals surface area contributed by atoms with E-state index >= 15 is 0 Å². The van der Waals surface area contributed by atoms with Crippen molar-refractivity contribution in [3.05, 3.63) is 65.2 Å². The van der Waals surface area contributed by atoms with E-state index in [0.29, 0.717) is 6.54 Å². The summed E-state index contributed by atoms with van der Waals surface area (Å²) < 4.78 is 0. The van der Waals surface area contributed by atoms with Gasteiger partial charge in [0.2, 0.25) is 5.91 Å². The highest BCUT2D eigenvalue weighted by atomic mass is 35.5. The van der Waals surface area contributed by atoms with Gasteiger partial charge in [0.1, 0.15) is 0 Å². The van der Waals surface area contributed by atoms with E-state index in [0.717, 1.165) is 35.9 Å². The van der Waals surface area contributed by atoms with Gasteiger partial charge in [-0.3, -0.25) is 9.69 Å². The number of anilines is 1. The largest absolute Gasteiger partial charge is 0.314 e. The van der Waals surface area contributed by atoms with Crippen molar-refractivity contribution in [2.45, 2.75) is 6.04 Å². The fraction of sp³-hybridized carbons (Fsp3) is 0.316. The van der Waals surface area contributed by atoms with Gasteiger partial charge in [0.05, 0.1) is 6.54 Å². The summed E-state index contributed by atoms with van der Waals surface area (Å²) in [5.74, 6) is 0.0927. The maximum Gasteiger partial charge on any atom is 0.240 e. The molecular weight excluding hydrogens is 357 g/mol. The van der Waals surface area contributed by atoms with Crippen molar-refractivity contribution in [2.75, 3.05) is 38.1 Å². The molecule has 1 aliphatic rings. The van der Waals surface area contributed by atoms with E-state index in [4.69, 9.17) is 11.6 Å². The van der Waals surface area contributed by atoms with Gasteiger partial charge in [-0.2, -0.15) is 0 Å². The molecule has 6 heteroatoms. The Balaban J connectivity index is 0.00000225. The van der Waals surface area contributed by atoms with Crippen LogP contribution in [0.1, 0.15) is 11.6 Å². The molecule has 2 aromatic carbocycles.